The Morgan fingerprint density at radius 2 is 1.85 bits per heavy atom. The van der Waals surface area contributed by atoms with Gasteiger partial charge in [0.2, 0.25) is 5.82 Å². The van der Waals surface area contributed by atoms with E-state index >= 15 is 0 Å². The van der Waals surface area contributed by atoms with Crippen molar-refractivity contribution < 1.29 is 9.15 Å². The second-order valence-corrected chi connectivity index (χ2v) is 8.05. The summed E-state index contributed by atoms with van der Waals surface area (Å²) in [5.41, 5.74) is 2.25. The number of rotatable bonds is 5. The second kappa shape index (κ2) is 7.91. The van der Waals surface area contributed by atoms with Crippen LogP contribution in [0.3, 0.4) is 0 Å². The predicted molar refractivity (Wildman–Crippen MR) is 124 cm³/mol. The third-order valence-corrected chi connectivity index (χ3v) is 5.58. The van der Waals surface area contributed by atoms with E-state index in [9.17, 15) is 0 Å². The van der Waals surface area contributed by atoms with Crippen molar-refractivity contribution >= 4 is 39.9 Å². The molecule has 10 heteroatoms. The Balaban J connectivity index is 1.29. The van der Waals surface area contributed by atoms with Crippen LogP contribution in [0.2, 0.25) is 10.0 Å². The van der Waals surface area contributed by atoms with Gasteiger partial charge in [0.05, 0.1) is 22.3 Å². The second-order valence-electron chi connectivity index (χ2n) is 7.21. The average molecular weight is 477 g/mol. The van der Waals surface area contributed by atoms with Crippen LogP contribution in [0.25, 0.3) is 34.0 Å². The van der Waals surface area contributed by atoms with Gasteiger partial charge in [-0.1, -0.05) is 41.4 Å². The zero-order valence-corrected chi connectivity index (χ0v) is 18.4. The first-order valence-corrected chi connectivity index (χ1v) is 10.7. The molecule has 0 bridgehead atoms. The summed E-state index contributed by atoms with van der Waals surface area (Å²) >= 11 is 12.1. The quantitative estimate of drug-likeness (QED) is 0.321. The lowest BCUT2D eigenvalue weighted by molar-refractivity contribution is 0.272. The standard InChI is InChI=1S/C23H14Cl2N6O2/c24-14-6-8-19(18(25)10-14)32-12-16-7-9-20(33-16)21-28-23-17-11-27-31(15-4-2-1-3-5-15)22(17)26-13-30(23)29-21/h1-11,13H,12H2. The topological polar surface area (TPSA) is 83.3 Å². The molecule has 0 atom stereocenters. The van der Waals surface area contributed by atoms with Gasteiger partial charge in [0, 0.05) is 5.02 Å². The highest BCUT2D eigenvalue weighted by molar-refractivity contribution is 6.35. The molecule has 6 aromatic rings. The summed E-state index contributed by atoms with van der Waals surface area (Å²) in [6.45, 7) is 0.199. The van der Waals surface area contributed by atoms with Crippen LogP contribution in [0.15, 0.2) is 77.6 Å². The van der Waals surface area contributed by atoms with Crippen LogP contribution in [0.1, 0.15) is 5.76 Å². The first kappa shape index (κ1) is 19.8. The molecule has 33 heavy (non-hydrogen) atoms. The summed E-state index contributed by atoms with van der Waals surface area (Å²) in [6, 6.07) is 18.5. The molecule has 0 saturated carbocycles. The van der Waals surface area contributed by atoms with Crippen LogP contribution in [-0.2, 0) is 6.61 Å². The van der Waals surface area contributed by atoms with Crippen LogP contribution in [0.5, 0.6) is 5.75 Å². The molecule has 6 rings (SSSR count). The first-order chi connectivity index (χ1) is 16.2. The molecule has 0 N–H and O–H groups in total. The Morgan fingerprint density at radius 3 is 2.70 bits per heavy atom. The molecule has 0 amide bonds. The average Bonchev–Trinajstić information content (AvgIpc) is 3.56. The van der Waals surface area contributed by atoms with Crippen LogP contribution in [0, 0.1) is 0 Å². The number of benzene rings is 2. The number of hydrogen-bond donors (Lipinski definition) is 0. The van der Waals surface area contributed by atoms with Crippen molar-refractivity contribution in [1.29, 1.82) is 0 Å². The molecule has 8 nitrogen and oxygen atoms in total. The molecule has 4 heterocycles. The van der Waals surface area contributed by atoms with Gasteiger partial charge in [-0.2, -0.15) is 5.10 Å². The van der Waals surface area contributed by atoms with Gasteiger partial charge in [-0.3, -0.25) is 0 Å². The number of fused-ring (bicyclic) bond motifs is 3. The van der Waals surface area contributed by atoms with Gasteiger partial charge in [0.25, 0.3) is 0 Å². The third kappa shape index (κ3) is 3.59. The van der Waals surface area contributed by atoms with Crippen molar-refractivity contribution in [3.8, 4) is 23.0 Å². The molecule has 0 radical (unpaired) electrons. The molecule has 4 aromatic heterocycles. The largest absolute Gasteiger partial charge is 0.484 e. The number of halogens is 2. The molecule has 162 valence electrons. The van der Waals surface area contributed by atoms with Crippen molar-refractivity contribution in [2.75, 3.05) is 0 Å². The maximum atomic E-state index is 6.15. The lowest BCUT2D eigenvalue weighted by Crippen LogP contribution is -1.98. The van der Waals surface area contributed by atoms with Gasteiger partial charge in [-0.15, -0.1) is 5.10 Å². The van der Waals surface area contributed by atoms with Crippen molar-refractivity contribution in [2.24, 2.45) is 0 Å². The van der Waals surface area contributed by atoms with Gasteiger partial charge in [0.15, 0.2) is 17.1 Å². The minimum absolute atomic E-state index is 0.199. The third-order valence-electron chi connectivity index (χ3n) is 5.05. The molecule has 0 aliphatic carbocycles. The van der Waals surface area contributed by atoms with E-state index in [1.807, 2.05) is 36.4 Å². The van der Waals surface area contributed by atoms with E-state index in [4.69, 9.17) is 32.4 Å². The SMILES string of the molecule is Clc1ccc(OCc2ccc(-c3nc4c5cnn(-c6ccccc6)c5ncn4n3)o2)c(Cl)c1. The van der Waals surface area contributed by atoms with E-state index in [1.54, 1.807) is 46.0 Å². The van der Waals surface area contributed by atoms with E-state index in [-0.39, 0.29) is 6.61 Å². The van der Waals surface area contributed by atoms with Crippen LogP contribution < -0.4 is 4.74 Å². The lowest BCUT2D eigenvalue weighted by Gasteiger charge is -2.06. The summed E-state index contributed by atoms with van der Waals surface area (Å²) in [6.07, 6.45) is 3.35. The maximum Gasteiger partial charge on any atom is 0.217 e. The number of hydrogen-bond acceptors (Lipinski definition) is 6. The normalized spacial score (nSPS) is 11.5. The van der Waals surface area contributed by atoms with Crippen molar-refractivity contribution in [2.45, 2.75) is 6.61 Å². The monoisotopic (exact) mass is 476 g/mol. The van der Waals surface area contributed by atoms with Crippen LogP contribution in [0.4, 0.5) is 0 Å². The summed E-state index contributed by atoms with van der Waals surface area (Å²) in [5, 5.41) is 10.8. The van der Waals surface area contributed by atoms with Crippen LogP contribution >= 0.6 is 23.2 Å². The number of furan rings is 1. The minimum Gasteiger partial charge on any atom is -0.484 e. The van der Waals surface area contributed by atoms with E-state index < -0.39 is 0 Å². The maximum absolute atomic E-state index is 6.15. The van der Waals surface area contributed by atoms with E-state index in [2.05, 4.69) is 20.2 Å². The van der Waals surface area contributed by atoms with Gasteiger partial charge in [0.1, 0.15) is 24.4 Å². The van der Waals surface area contributed by atoms with E-state index in [0.29, 0.717) is 44.4 Å². The molecule has 0 aliphatic heterocycles. The van der Waals surface area contributed by atoms with Gasteiger partial charge in [-0.05, 0) is 42.5 Å². The number of aromatic nitrogens is 6. The van der Waals surface area contributed by atoms with E-state index in [1.165, 1.54) is 0 Å². The summed E-state index contributed by atoms with van der Waals surface area (Å²) in [7, 11) is 0. The summed E-state index contributed by atoms with van der Waals surface area (Å²) < 4.78 is 15.0. The molecule has 0 saturated heterocycles. The molecule has 2 aromatic carbocycles. The van der Waals surface area contributed by atoms with Crippen molar-refractivity contribution in [1.82, 2.24) is 29.4 Å². The molecule has 0 fully saturated rings. The fraction of sp³-hybridized carbons (Fsp3) is 0.0435. The first-order valence-electron chi connectivity index (χ1n) is 9.97. The Kier molecular flexibility index (Phi) is 4.74. The molecular weight excluding hydrogens is 463 g/mol. The summed E-state index contributed by atoms with van der Waals surface area (Å²) in [5.74, 6) is 2.08. The number of ether oxygens (including phenoxy) is 1. The van der Waals surface area contributed by atoms with Crippen molar-refractivity contribution in [3.63, 3.8) is 0 Å². The molecule has 0 aliphatic rings. The Morgan fingerprint density at radius 1 is 0.970 bits per heavy atom. The highest BCUT2D eigenvalue weighted by Gasteiger charge is 2.16. The number of nitrogens with zero attached hydrogens (tertiary/aromatic N) is 6. The molecule has 0 spiro atoms. The lowest BCUT2D eigenvalue weighted by atomic mass is 10.3. The Bertz CT molecular complexity index is 1610. The zero-order valence-electron chi connectivity index (χ0n) is 16.9. The van der Waals surface area contributed by atoms with Crippen LogP contribution in [-0.4, -0.2) is 29.4 Å². The number of para-hydroxylation sites is 1. The fourth-order valence-corrected chi connectivity index (χ4v) is 3.96. The Labute approximate surface area is 197 Å². The predicted octanol–water partition coefficient (Wildman–Crippen LogP) is 5.61. The molecule has 0 unspecified atom stereocenters. The fourth-order valence-electron chi connectivity index (χ4n) is 3.50. The Hall–Kier alpha value is -3.88. The summed E-state index contributed by atoms with van der Waals surface area (Å²) in [4.78, 5) is 9.19. The zero-order chi connectivity index (χ0) is 22.4. The highest BCUT2D eigenvalue weighted by Crippen LogP contribution is 2.29. The minimum atomic E-state index is 0.199. The smallest absolute Gasteiger partial charge is 0.217 e. The van der Waals surface area contributed by atoms with Gasteiger partial charge < -0.3 is 9.15 Å². The van der Waals surface area contributed by atoms with Crippen molar-refractivity contribution in [3.05, 3.63) is 89.0 Å². The van der Waals surface area contributed by atoms with Gasteiger partial charge >= 0.3 is 0 Å². The van der Waals surface area contributed by atoms with E-state index in [0.717, 1.165) is 11.1 Å². The molecular formula is C23H14Cl2N6O2. The van der Waals surface area contributed by atoms with Gasteiger partial charge in [-0.25, -0.2) is 19.2 Å². The highest BCUT2D eigenvalue weighted by atomic mass is 35.5.